The third-order valence-corrected chi connectivity index (χ3v) is 5.65. The molecular formula is C21H16F2N4O4S. The first-order valence-corrected chi connectivity index (χ1v) is 10.9. The van der Waals surface area contributed by atoms with Gasteiger partial charge in [0.05, 0.1) is 28.6 Å². The van der Waals surface area contributed by atoms with Crippen molar-refractivity contribution in [1.29, 1.82) is 0 Å². The molecule has 1 aliphatic heterocycles. The fourth-order valence-corrected chi connectivity index (χ4v) is 3.85. The average Bonchev–Trinajstić information content (AvgIpc) is 2.74. The Morgan fingerprint density at radius 3 is 2.50 bits per heavy atom. The average molecular weight is 458 g/mol. The molecule has 1 atom stereocenters. The van der Waals surface area contributed by atoms with E-state index in [2.05, 4.69) is 15.3 Å². The van der Waals surface area contributed by atoms with Gasteiger partial charge in [-0.25, -0.2) is 33.2 Å². The monoisotopic (exact) mass is 458 g/mol. The van der Waals surface area contributed by atoms with Crippen molar-refractivity contribution in [1.82, 2.24) is 15.3 Å². The van der Waals surface area contributed by atoms with Crippen LogP contribution in [-0.4, -0.2) is 37.5 Å². The number of hydrogen-bond acceptors (Lipinski definition) is 5. The smallest absolute Gasteiger partial charge is 0.335 e. The molecule has 0 spiro atoms. The van der Waals surface area contributed by atoms with E-state index < -0.39 is 40.1 Å². The molecule has 8 nitrogen and oxygen atoms in total. The van der Waals surface area contributed by atoms with Crippen molar-refractivity contribution in [3.63, 3.8) is 0 Å². The number of aryl methyl sites for hydroxylation is 1. The Bertz CT molecular complexity index is 1290. The van der Waals surface area contributed by atoms with E-state index in [9.17, 15) is 27.7 Å². The number of para-hydroxylation sites is 1. The normalized spacial score (nSPS) is 14.0. The number of fused-ring (bicyclic) bond motifs is 1. The molecule has 2 N–H and O–H groups in total. The minimum atomic E-state index is -1.71. The number of carboxylic acid groups (broad SMARTS) is 1. The Balaban J connectivity index is 2.05. The van der Waals surface area contributed by atoms with Crippen LogP contribution in [0.3, 0.4) is 0 Å². The molecule has 0 radical (unpaired) electrons. The van der Waals surface area contributed by atoms with Crippen molar-refractivity contribution in [3.05, 3.63) is 64.7 Å². The van der Waals surface area contributed by atoms with E-state index >= 15 is 0 Å². The first-order chi connectivity index (χ1) is 15.2. The van der Waals surface area contributed by atoms with Crippen LogP contribution < -0.4 is 10.2 Å². The van der Waals surface area contributed by atoms with Gasteiger partial charge >= 0.3 is 12.0 Å². The fraction of sp³-hybridized carbons (Fsp3) is 0.143. The molecule has 0 saturated heterocycles. The Kier molecular flexibility index (Phi) is 5.43. The zero-order valence-electron chi connectivity index (χ0n) is 16.8. The van der Waals surface area contributed by atoms with Crippen LogP contribution in [0.2, 0.25) is 0 Å². The van der Waals surface area contributed by atoms with E-state index in [-0.39, 0.29) is 28.8 Å². The highest BCUT2D eigenvalue weighted by atomic mass is 32.2. The highest BCUT2D eigenvalue weighted by Crippen LogP contribution is 2.38. The number of carbonyl (C=O) groups is 2. The first kappa shape index (κ1) is 21.5. The van der Waals surface area contributed by atoms with Crippen molar-refractivity contribution < 1.29 is 27.7 Å². The second-order valence-corrected chi connectivity index (χ2v) is 8.28. The largest absolute Gasteiger partial charge is 0.478 e. The number of nitrogens with zero attached hydrogens (tertiary/aromatic N) is 3. The van der Waals surface area contributed by atoms with Gasteiger partial charge in [0.2, 0.25) is 5.16 Å². The Labute approximate surface area is 183 Å². The molecule has 1 aromatic heterocycles. The van der Waals surface area contributed by atoms with Gasteiger partial charge in [0, 0.05) is 17.4 Å². The van der Waals surface area contributed by atoms with Crippen molar-refractivity contribution in [2.24, 2.45) is 0 Å². The van der Waals surface area contributed by atoms with E-state index in [0.29, 0.717) is 16.7 Å². The predicted molar refractivity (Wildman–Crippen MR) is 112 cm³/mol. The van der Waals surface area contributed by atoms with E-state index in [1.54, 1.807) is 13.0 Å². The lowest BCUT2D eigenvalue weighted by molar-refractivity contribution is 0.0697. The molecular weight excluding hydrogens is 442 g/mol. The minimum Gasteiger partial charge on any atom is -0.478 e. The predicted octanol–water partition coefficient (Wildman–Crippen LogP) is 3.53. The van der Waals surface area contributed by atoms with Gasteiger partial charge in [0.25, 0.3) is 0 Å². The Morgan fingerprint density at radius 1 is 1.19 bits per heavy atom. The quantitative estimate of drug-likeness (QED) is 0.579. The summed E-state index contributed by atoms with van der Waals surface area (Å²) in [6.45, 7) is 1.65. The van der Waals surface area contributed by atoms with Crippen LogP contribution in [0.4, 0.5) is 25.1 Å². The van der Waals surface area contributed by atoms with Crippen LogP contribution in [0.5, 0.6) is 0 Å². The summed E-state index contributed by atoms with van der Waals surface area (Å²) in [4.78, 5) is 33.4. The summed E-state index contributed by atoms with van der Waals surface area (Å²) in [7, 11) is -1.71. The molecule has 1 aliphatic rings. The molecule has 32 heavy (non-hydrogen) atoms. The van der Waals surface area contributed by atoms with Gasteiger partial charge in [-0.1, -0.05) is 12.1 Å². The Hall–Kier alpha value is -3.73. The molecule has 3 aromatic rings. The number of hydrogen-bond donors (Lipinski definition) is 2. The molecule has 2 aromatic carbocycles. The topological polar surface area (TPSA) is 112 Å². The summed E-state index contributed by atoms with van der Waals surface area (Å²) in [5, 5.41) is 11.8. The number of benzene rings is 2. The maximum absolute atomic E-state index is 14.6. The summed E-state index contributed by atoms with van der Waals surface area (Å²) in [5.74, 6) is -3.27. The van der Waals surface area contributed by atoms with Crippen LogP contribution in [0, 0.1) is 18.6 Å². The van der Waals surface area contributed by atoms with Crippen LogP contribution in [-0.2, 0) is 17.3 Å². The number of nitrogens with one attached hydrogen (secondary N) is 1. The summed E-state index contributed by atoms with van der Waals surface area (Å²) in [5.41, 5.74) is 0.924. The number of aromatic nitrogens is 2. The maximum Gasteiger partial charge on any atom is 0.335 e. The van der Waals surface area contributed by atoms with Crippen LogP contribution >= 0.6 is 0 Å². The van der Waals surface area contributed by atoms with Crippen LogP contribution in [0.25, 0.3) is 11.3 Å². The van der Waals surface area contributed by atoms with Gasteiger partial charge in [-0.15, -0.1) is 0 Å². The number of carbonyl (C=O) groups excluding carboxylic acids is 1. The van der Waals surface area contributed by atoms with E-state index in [1.165, 1.54) is 18.4 Å². The molecule has 0 bridgehead atoms. The van der Waals surface area contributed by atoms with Crippen molar-refractivity contribution >= 4 is 34.3 Å². The van der Waals surface area contributed by atoms with Gasteiger partial charge < -0.3 is 10.4 Å². The minimum absolute atomic E-state index is 0.00557. The lowest BCUT2D eigenvalue weighted by Gasteiger charge is -2.30. The highest BCUT2D eigenvalue weighted by Gasteiger charge is 2.34. The molecule has 0 fully saturated rings. The second kappa shape index (κ2) is 8.08. The molecule has 0 aliphatic carbocycles. The number of amides is 2. The molecule has 0 saturated carbocycles. The van der Waals surface area contributed by atoms with Gasteiger partial charge in [-0.3, -0.25) is 4.21 Å². The first-order valence-electron chi connectivity index (χ1n) is 9.29. The Morgan fingerprint density at radius 2 is 1.88 bits per heavy atom. The number of halogens is 2. The SMILES string of the molecule is Cc1ccc(C(=O)O)cc1-c1nc(S(C)=O)nc2c1CNC(=O)N2c1c(F)cccc1F. The maximum atomic E-state index is 14.6. The van der Waals surface area contributed by atoms with Crippen LogP contribution in [0.1, 0.15) is 21.5 Å². The number of rotatable bonds is 4. The number of anilines is 2. The molecule has 4 rings (SSSR count). The number of carboxylic acids is 1. The van der Waals surface area contributed by atoms with Crippen molar-refractivity contribution in [2.45, 2.75) is 18.6 Å². The molecule has 2 amide bonds. The second-order valence-electron chi connectivity index (χ2n) is 7.01. The highest BCUT2D eigenvalue weighted by molar-refractivity contribution is 7.84. The molecule has 2 heterocycles. The van der Waals surface area contributed by atoms with Crippen LogP contribution in [0.15, 0.2) is 41.6 Å². The molecule has 164 valence electrons. The van der Waals surface area contributed by atoms with E-state index in [4.69, 9.17) is 0 Å². The lowest BCUT2D eigenvalue weighted by Crippen LogP contribution is -2.43. The summed E-state index contributed by atoms with van der Waals surface area (Å²) < 4.78 is 41.4. The zero-order valence-corrected chi connectivity index (χ0v) is 17.7. The third kappa shape index (κ3) is 3.60. The lowest BCUT2D eigenvalue weighted by atomic mass is 9.98. The van der Waals surface area contributed by atoms with Gasteiger partial charge in [0.1, 0.15) is 17.3 Å². The van der Waals surface area contributed by atoms with Gasteiger partial charge in [-0.2, -0.15) is 0 Å². The third-order valence-electron chi connectivity index (χ3n) is 4.95. The number of urea groups is 1. The fourth-order valence-electron chi connectivity index (χ4n) is 3.41. The van der Waals surface area contributed by atoms with E-state index in [1.807, 2.05) is 0 Å². The van der Waals surface area contributed by atoms with Gasteiger partial charge in [-0.05, 0) is 36.8 Å². The zero-order chi connectivity index (χ0) is 23.2. The summed E-state index contributed by atoms with van der Waals surface area (Å²) in [6, 6.07) is 6.75. The summed E-state index contributed by atoms with van der Waals surface area (Å²) >= 11 is 0. The van der Waals surface area contributed by atoms with Crippen molar-refractivity contribution in [3.8, 4) is 11.3 Å². The standard InChI is InChI=1S/C21H16F2N4O4S/c1-10-6-7-11(19(28)29)8-12(10)16-13-9-24-21(30)27(17-14(22)4-3-5-15(17)23)18(13)26-20(25-16)32(2)31/h3-8H,9H2,1-2H3,(H,24,30)(H,28,29). The molecule has 1 unspecified atom stereocenters. The summed E-state index contributed by atoms with van der Waals surface area (Å²) in [6.07, 6.45) is 1.32. The number of aromatic carboxylic acids is 1. The van der Waals surface area contributed by atoms with E-state index in [0.717, 1.165) is 23.1 Å². The van der Waals surface area contributed by atoms with Gasteiger partial charge in [0.15, 0.2) is 5.82 Å². The molecule has 11 heteroatoms. The van der Waals surface area contributed by atoms with Crippen molar-refractivity contribution in [2.75, 3.05) is 11.2 Å².